The van der Waals surface area contributed by atoms with Crippen molar-refractivity contribution in [1.82, 2.24) is 0 Å². The lowest BCUT2D eigenvalue weighted by Gasteiger charge is -2.31. The Morgan fingerprint density at radius 2 is 1.06 bits per heavy atom. The molecular formula is C14H32N2+2. The Hall–Kier alpha value is -0.0800. The van der Waals surface area contributed by atoms with Crippen LogP contribution in [-0.2, 0) is 0 Å². The molecule has 2 aliphatic heterocycles. The Morgan fingerprint density at radius 1 is 0.688 bits per heavy atom. The van der Waals surface area contributed by atoms with E-state index in [0.29, 0.717) is 0 Å². The van der Waals surface area contributed by atoms with Crippen LogP contribution in [-0.4, -0.2) is 62.3 Å². The van der Waals surface area contributed by atoms with Crippen LogP contribution in [0.5, 0.6) is 0 Å². The molecule has 2 aliphatic rings. The van der Waals surface area contributed by atoms with Gasteiger partial charge in [0.05, 0.1) is 53.4 Å². The second kappa shape index (κ2) is 6.02. The van der Waals surface area contributed by atoms with E-state index in [9.17, 15) is 0 Å². The van der Waals surface area contributed by atoms with Crippen LogP contribution in [0, 0.1) is 0 Å². The summed E-state index contributed by atoms with van der Waals surface area (Å²) in [6.45, 7) is 13.0. The number of hydrogen-bond donors (Lipinski definition) is 0. The van der Waals surface area contributed by atoms with E-state index in [1.165, 1.54) is 73.9 Å². The highest BCUT2D eigenvalue weighted by atomic mass is 15.4. The van der Waals surface area contributed by atoms with Gasteiger partial charge in [-0.1, -0.05) is 0 Å². The van der Waals surface area contributed by atoms with Crippen LogP contribution < -0.4 is 0 Å². The molecule has 0 spiro atoms. The van der Waals surface area contributed by atoms with Crippen molar-refractivity contribution in [2.45, 2.75) is 39.5 Å². The smallest absolute Gasteiger partial charge is 0.0788 e. The molecule has 0 bridgehead atoms. The summed E-state index contributed by atoms with van der Waals surface area (Å²) in [4.78, 5) is 0. The van der Waals surface area contributed by atoms with Gasteiger partial charge in [0.25, 0.3) is 0 Å². The van der Waals surface area contributed by atoms with Gasteiger partial charge in [-0.3, -0.25) is 0 Å². The average molecular weight is 228 g/mol. The lowest BCUT2D eigenvalue weighted by molar-refractivity contribution is -0.913. The molecule has 2 fully saturated rings. The third-order valence-electron chi connectivity index (χ3n) is 4.63. The summed E-state index contributed by atoms with van der Waals surface area (Å²) in [5.74, 6) is 0. The zero-order valence-electron chi connectivity index (χ0n) is 12.0. The second-order valence-electron chi connectivity index (χ2n) is 6.22. The molecule has 0 radical (unpaired) electrons. The van der Waals surface area contributed by atoms with Crippen LogP contribution in [0.3, 0.4) is 0 Å². The van der Waals surface area contributed by atoms with Crippen LogP contribution in [0.1, 0.15) is 39.5 Å². The van der Waals surface area contributed by atoms with E-state index in [0.717, 1.165) is 0 Å². The summed E-state index contributed by atoms with van der Waals surface area (Å²) in [7, 11) is 4.60. The molecule has 0 unspecified atom stereocenters. The number of likely N-dealkylation sites (tertiary alicyclic amines) is 2. The predicted octanol–water partition coefficient (Wildman–Crippen LogP) is 2.49. The molecule has 2 rings (SSSR count). The van der Waals surface area contributed by atoms with Crippen molar-refractivity contribution < 1.29 is 8.97 Å². The van der Waals surface area contributed by atoms with Crippen LogP contribution in [0.2, 0.25) is 0 Å². The molecule has 2 saturated heterocycles. The Morgan fingerprint density at radius 3 is 1.25 bits per heavy atom. The van der Waals surface area contributed by atoms with E-state index >= 15 is 0 Å². The zero-order chi connectivity index (χ0) is 12.1. The Bertz CT molecular complexity index is 179. The summed E-state index contributed by atoms with van der Waals surface area (Å²) < 4.78 is 2.64. The Labute approximate surface area is 102 Å². The molecule has 0 atom stereocenters. The molecule has 2 heterocycles. The van der Waals surface area contributed by atoms with Gasteiger partial charge >= 0.3 is 0 Å². The molecule has 0 saturated carbocycles. The van der Waals surface area contributed by atoms with Crippen molar-refractivity contribution in [1.29, 1.82) is 0 Å². The van der Waals surface area contributed by atoms with Crippen LogP contribution >= 0.6 is 0 Å². The van der Waals surface area contributed by atoms with E-state index in [4.69, 9.17) is 0 Å². The van der Waals surface area contributed by atoms with Gasteiger partial charge in [-0.05, 0) is 13.8 Å². The number of quaternary nitrogens is 2. The first-order valence-electron chi connectivity index (χ1n) is 7.21. The van der Waals surface area contributed by atoms with Crippen molar-refractivity contribution in [3.05, 3.63) is 0 Å². The van der Waals surface area contributed by atoms with E-state index < -0.39 is 0 Å². The molecule has 0 amide bonds. The minimum atomic E-state index is 1.25. The van der Waals surface area contributed by atoms with Gasteiger partial charge in [-0.15, -0.1) is 0 Å². The monoisotopic (exact) mass is 228 g/mol. The molecular weight excluding hydrogens is 196 g/mol. The van der Waals surface area contributed by atoms with E-state index in [1.54, 1.807) is 0 Å². The normalized spacial score (nSPS) is 26.2. The maximum Gasteiger partial charge on any atom is 0.0788 e. The Kier molecular flexibility index (Phi) is 5.26. The lowest BCUT2D eigenvalue weighted by atomic mass is 10.4. The standard InChI is InChI=1S/C8H18N.C6H14N/c1-3-9(4-2)7-5-6-8-9;1-7(2)5-3-4-6-7/h3-8H2,1-2H3;3-6H2,1-2H3/q2*+1. The molecule has 96 valence electrons. The van der Waals surface area contributed by atoms with Crippen LogP contribution in [0.4, 0.5) is 0 Å². The molecule has 0 N–H and O–H groups in total. The van der Waals surface area contributed by atoms with Gasteiger partial charge < -0.3 is 8.97 Å². The van der Waals surface area contributed by atoms with Crippen molar-refractivity contribution in [2.75, 3.05) is 53.4 Å². The van der Waals surface area contributed by atoms with Gasteiger partial charge in [0.15, 0.2) is 0 Å². The molecule has 0 aromatic rings. The van der Waals surface area contributed by atoms with Gasteiger partial charge in [0.2, 0.25) is 0 Å². The molecule has 0 aromatic heterocycles. The zero-order valence-corrected chi connectivity index (χ0v) is 12.0. The SMILES string of the molecule is CC[N+]1(CC)CCCC1.C[N+]1(C)CCCC1. The summed E-state index contributed by atoms with van der Waals surface area (Å²) in [6.07, 6.45) is 5.80. The second-order valence-corrected chi connectivity index (χ2v) is 6.22. The van der Waals surface area contributed by atoms with E-state index in [1.807, 2.05) is 0 Å². The number of hydrogen-bond acceptors (Lipinski definition) is 0. The number of rotatable bonds is 2. The fourth-order valence-electron chi connectivity index (χ4n) is 3.05. The summed E-state index contributed by atoms with van der Waals surface area (Å²) in [5, 5.41) is 0. The fraction of sp³-hybridized carbons (Fsp3) is 1.00. The topological polar surface area (TPSA) is 0 Å². The third kappa shape index (κ3) is 4.06. The highest BCUT2D eigenvalue weighted by Crippen LogP contribution is 2.17. The Balaban J connectivity index is 0.000000165. The van der Waals surface area contributed by atoms with Crippen molar-refractivity contribution in [2.24, 2.45) is 0 Å². The molecule has 2 nitrogen and oxygen atoms in total. The van der Waals surface area contributed by atoms with E-state index in [2.05, 4.69) is 27.9 Å². The fourth-order valence-corrected chi connectivity index (χ4v) is 3.05. The van der Waals surface area contributed by atoms with Crippen LogP contribution in [0.15, 0.2) is 0 Å². The minimum absolute atomic E-state index is 1.25. The quantitative estimate of drug-likeness (QED) is 0.637. The van der Waals surface area contributed by atoms with Gasteiger partial charge in [-0.2, -0.15) is 0 Å². The average Bonchev–Trinajstić information content (AvgIpc) is 2.88. The first-order chi connectivity index (χ1) is 7.54. The minimum Gasteiger partial charge on any atom is -0.328 e. The largest absolute Gasteiger partial charge is 0.328 e. The number of nitrogens with zero attached hydrogens (tertiary/aromatic N) is 2. The molecule has 16 heavy (non-hydrogen) atoms. The summed E-state index contributed by atoms with van der Waals surface area (Å²) >= 11 is 0. The maximum absolute atomic E-state index is 2.31. The van der Waals surface area contributed by atoms with Crippen molar-refractivity contribution in [3.8, 4) is 0 Å². The summed E-state index contributed by atoms with van der Waals surface area (Å²) in [6, 6.07) is 0. The van der Waals surface area contributed by atoms with Gasteiger partial charge in [-0.25, -0.2) is 0 Å². The molecule has 0 aromatic carbocycles. The molecule has 2 heteroatoms. The highest BCUT2D eigenvalue weighted by Gasteiger charge is 2.27. The predicted molar refractivity (Wildman–Crippen MR) is 71.4 cm³/mol. The van der Waals surface area contributed by atoms with E-state index in [-0.39, 0.29) is 0 Å². The van der Waals surface area contributed by atoms with Gasteiger partial charge in [0.1, 0.15) is 0 Å². The van der Waals surface area contributed by atoms with Crippen molar-refractivity contribution in [3.63, 3.8) is 0 Å². The molecule has 0 aliphatic carbocycles. The highest BCUT2D eigenvalue weighted by molar-refractivity contribution is 4.51. The first-order valence-corrected chi connectivity index (χ1v) is 7.21. The van der Waals surface area contributed by atoms with Gasteiger partial charge in [0, 0.05) is 25.7 Å². The van der Waals surface area contributed by atoms with Crippen LogP contribution in [0.25, 0.3) is 0 Å². The maximum atomic E-state index is 2.31. The lowest BCUT2D eigenvalue weighted by Crippen LogP contribution is -2.44. The first kappa shape index (κ1) is 14.0. The van der Waals surface area contributed by atoms with Crippen molar-refractivity contribution >= 4 is 0 Å². The third-order valence-corrected chi connectivity index (χ3v) is 4.63. The summed E-state index contributed by atoms with van der Waals surface area (Å²) in [5.41, 5.74) is 0.